The van der Waals surface area contributed by atoms with E-state index in [2.05, 4.69) is 19.9 Å². The van der Waals surface area contributed by atoms with E-state index < -0.39 is 0 Å². The second-order valence-corrected chi connectivity index (χ2v) is 9.11. The maximum Gasteiger partial charge on any atom is 0.229 e. The third-order valence-electron chi connectivity index (χ3n) is 6.76. The quantitative estimate of drug-likeness (QED) is 0.313. The number of ether oxygens (including phenoxy) is 1. The molecule has 2 fully saturated rings. The molecule has 4 aromatic rings. The molecule has 0 bridgehead atoms. The number of fused-ring (bicyclic) bond motifs is 2. The lowest BCUT2D eigenvalue weighted by Crippen LogP contribution is -2.36. The maximum atomic E-state index is 12.6. The van der Waals surface area contributed by atoms with Crippen molar-refractivity contribution < 1.29 is 13.9 Å². The standard InChI is InChI=1S/C25H26N6O4.2C2H6/c1-15(32)19-10-16-13-27-25(29-24(16)31(19)18-4-2-3-5-18)28-17-11-21-23(26-14-17)20(33)12-22(35-21)30-6-8-34-9-7-30;2*1-2/h10-14,18H,2-9H2,1H3,(H,27,28,29);2*1-2H3. The van der Waals surface area contributed by atoms with Crippen LogP contribution in [0.2, 0.25) is 0 Å². The molecule has 5 heterocycles. The molecule has 39 heavy (non-hydrogen) atoms. The smallest absolute Gasteiger partial charge is 0.229 e. The van der Waals surface area contributed by atoms with Gasteiger partial charge in [0.1, 0.15) is 5.65 Å². The van der Waals surface area contributed by atoms with Gasteiger partial charge < -0.3 is 23.9 Å². The predicted molar refractivity (Wildman–Crippen MR) is 154 cm³/mol. The molecule has 1 aliphatic heterocycles. The number of carbonyl (C=O) groups is 1. The molecular formula is C29H38N6O4. The van der Waals surface area contributed by atoms with Crippen molar-refractivity contribution in [3.05, 3.63) is 46.5 Å². The number of ketones is 1. The van der Waals surface area contributed by atoms with Crippen LogP contribution < -0.4 is 15.6 Å². The van der Waals surface area contributed by atoms with Crippen LogP contribution in [0.3, 0.4) is 0 Å². The van der Waals surface area contributed by atoms with E-state index in [1.54, 1.807) is 25.4 Å². The Hall–Kier alpha value is -3.79. The average Bonchev–Trinajstić information content (AvgIpc) is 3.63. The first-order valence-electron chi connectivity index (χ1n) is 14.0. The van der Waals surface area contributed by atoms with Crippen LogP contribution in [0.5, 0.6) is 0 Å². The highest BCUT2D eigenvalue weighted by molar-refractivity contribution is 5.98. The molecule has 4 aromatic heterocycles. The fraction of sp³-hybridized carbons (Fsp3) is 0.483. The second kappa shape index (κ2) is 12.8. The molecule has 1 saturated heterocycles. The third-order valence-corrected chi connectivity index (χ3v) is 6.76. The van der Waals surface area contributed by atoms with Gasteiger partial charge in [0, 0.05) is 49.8 Å². The van der Waals surface area contributed by atoms with E-state index >= 15 is 0 Å². The minimum absolute atomic E-state index is 0.0224. The van der Waals surface area contributed by atoms with Crippen LogP contribution >= 0.6 is 0 Å². The molecule has 10 heteroatoms. The molecule has 0 radical (unpaired) electrons. The van der Waals surface area contributed by atoms with E-state index in [9.17, 15) is 9.59 Å². The molecule has 0 aromatic carbocycles. The number of rotatable bonds is 5. The summed E-state index contributed by atoms with van der Waals surface area (Å²) in [6.07, 6.45) is 7.67. The molecule has 1 saturated carbocycles. The fourth-order valence-corrected chi connectivity index (χ4v) is 5.04. The monoisotopic (exact) mass is 534 g/mol. The largest absolute Gasteiger partial charge is 0.439 e. The second-order valence-electron chi connectivity index (χ2n) is 9.11. The lowest BCUT2D eigenvalue weighted by Gasteiger charge is -2.27. The van der Waals surface area contributed by atoms with Gasteiger partial charge in [-0.15, -0.1) is 0 Å². The number of anilines is 3. The third kappa shape index (κ3) is 5.95. The minimum atomic E-state index is -0.192. The van der Waals surface area contributed by atoms with Gasteiger partial charge in [-0.3, -0.25) is 9.59 Å². The summed E-state index contributed by atoms with van der Waals surface area (Å²) in [5.74, 6) is 0.917. The van der Waals surface area contributed by atoms with E-state index in [4.69, 9.17) is 14.1 Å². The van der Waals surface area contributed by atoms with Gasteiger partial charge in [-0.1, -0.05) is 40.5 Å². The van der Waals surface area contributed by atoms with Gasteiger partial charge >= 0.3 is 0 Å². The number of nitrogens with zero attached hydrogens (tertiary/aromatic N) is 5. The Morgan fingerprint density at radius 2 is 1.72 bits per heavy atom. The number of carbonyl (C=O) groups excluding carboxylic acids is 1. The Kier molecular flexibility index (Phi) is 9.29. The van der Waals surface area contributed by atoms with Gasteiger partial charge in [-0.05, 0) is 18.9 Å². The molecule has 1 N–H and O–H groups in total. The number of Topliss-reactive ketones (excluding diaryl/α,β-unsaturated/α-hetero) is 1. The number of hydrogen-bond donors (Lipinski definition) is 1. The number of hydrogen-bond acceptors (Lipinski definition) is 9. The molecule has 0 unspecified atom stereocenters. The van der Waals surface area contributed by atoms with Crippen molar-refractivity contribution in [3.63, 3.8) is 0 Å². The summed E-state index contributed by atoms with van der Waals surface area (Å²) >= 11 is 0. The summed E-state index contributed by atoms with van der Waals surface area (Å²) in [6, 6.07) is 5.36. The zero-order valence-electron chi connectivity index (χ0n) is 23.5. The van der Waals surface area contributed by atoms with Gasteiger partial charge in [0.2, 0.25) is 11.4 Å². The van der Waals surface area contributed by atoms with Crippen molar-refractivity contribution in [2.75, 3.05) is 36.5 Å². The van der Waals surface area contributed by atoms with Gasteiger partial charge in [-0.2, -0.15) is 4.98 Å². The molecule has 208 valence electrons. The van der Waals surface area contributed by atoms with Crippen LogP contribution in [0.25, 0.3) is 22.1 Å². The van der Waals surface area contributed by atoms with E-state index in [0.29, 0.717) is 55.1 Å². The Morgan fingerprint density at radius 3 is 2.41 bits per heavy atom. The SMILES string of the molecule is CC.CC.CC(=O)c1cc2cnc(Nc3cnc4c(=O)cc(N5CCOCC5)oc4c3)nc2n1C1CCCC1. The Balaban J connectivity index is 0.000000845. The van der Waals surface area contributed by atoms with Crippen LogP contribution in [-0.2, 0) is 4.74 Å². The number of nitrogens with one attached hydrogen (secondary N) is 1. The first-order valence-corrected chi connectivity index (χ1v) is 14.0. The zero-order valence-corrected chi connectivity index (χ0v) is 23.5. The van der Waals surface area contributed by atoms with Crippen molar-refractivity contribution in [2.24, 2.45) is 0 Å². The minimum Gasteiger partial charge on any atom is -0.439 e. The first-order chi connectivity index (χ1) is 19.1. The summed E-state index contributed by atoms with van der Waals surface area (Å²) in [5, 5.41) is 4.02. The van der Waals surface area contributed by atoms with Crippen LogP contribution in [-0.4, -0.2) is 51.6 Å². The van der Waals surface area contributed by atoms with Crippen LogP contribution in [0, 0.1) is 0 Å². The van der Waals surface area contributed by atoms with Crippen molar-refractivity contribution in [2.45, 2.75) is 66.3 Å². The van der Waals surface area contributed by atoms with E-state index in [1.165, 1.54) is 6.07 Å². The summed E-state index contributed by atoms with van der Waals surface area (Å²) in [7, 11) is 0. The molecular weight excluding hydrogens is 496 g/mol. The fourth-order valence-electron chi connectivity index (χ4n) is 5.04. The molecule has 1 aliphatic carbocycles. The molecule has 2 aliphatic rings. The predicted octanol–water partition coefficient (Wildman–Crippen LogP) is 5.88. The van der Waals surface area contributed by atoms with Gasteiger partial charge in [-0.25, -0.2) is 9.97 Å². The summed E-state index contributed by atoms with van der Waals surface area (Å²) in [4.78, 5) is 40.4. The average molecular weight is 535 g/mol. The lowest BCUT2D eigenvalue weighted by atomic mass is 10.2. The van der Waals surface area contributed by atoms with Gasteiger partial charge in [0.25, 0.3) is 0 Å². The van der Waals surface area contributed by atoms with Crippen molar-refractivity contribution in [1.29, 1.82) is 0 Å². The topological polar surface area (TPSA) is 115 Å². The van der Waals surface area contributed by atoms with Crippen molar-refractivity contribution in [1.82, 2.24) is 19.5 Å². The van der Waals surface area contributed by atoms with Crippen LogP contribution in [0.15, 0.2) is 39.8 Å². The van der Waals surface area contributed by atoms with Crippen LogP contribution in [0.1, 0.15) is 76.8 Å². The highest BCUT2D eigenvalue weighted by Gasteiger charge is 2.24. The van der Waals surface area contributed by atoms with E-state index in [1.807, 2.05) is 38.7 Å². The number of morpholine rings is 1. The van der Waals surface area contributed by atoms with E-state index in [-0.39, 0.29) is 22.8 Å². The zero-order chi connectivity index (χ0) is 27.9. The van der Waals surface area contributed by atoms with Crippen molar-refractivity contribution >= 4 is 45.4 Å². The normalized spacial score (nSPS) is 15.5. The van der Waals surface area contributed by atoms with Crippen molar-refractivity contribution in [3.8, 4) is 0 Å². The number of pyridine rings is 1. The Labute approximate surface area is 228 Å². The highest BCUT2D eigenvalue weighted by Crippen LogP contribution is 2.34. The summed E-state index contributed by atoms with van der Waals surface area (Å²) in [6.45, 7) is 12.1. The maximum absolute atomic E-state index is 12.6. The molecule has 0 atom stereocenters. The molecule has 0 amide bonds. The van der Waals surface area contributed by atoms with E-state index in [0.717, 1.165) is 36.7 Å². The van der Waals surface area contributed by atoms with Gasteiger partial charge in [0.05, 0.1) is 30.8 Å². The molecule has 6 rings (SSSR count). The Morgan fingerprint density at radius 1 is 1.00 bits per heavy atom. The van der Waals surface area contributed by atoms with Crippen LogP contribution in [0.4, 0.5) is 17.5 Å². The Bertz CT molecular complexity index is 1480. The van der Waals surface area contributed by atoms with Gasteiger partial charge in [0.15, 0.2) is 22.8 Å². The summed E-state index contributed by atoms with van der Waals surface area (Å²) in [5.41, 5.74) is 2.48. The summed E-state index contributed by atoms with van der Waals surface area (Å²) < 4.78 is 13.5. The molecule has 10 nitrogen and oxygen atoms in total. The lowest BCUT2D eigenvalue weighted by molar-refractivity contribution is 0.100. The number of aromatic nitrogens is 4. The molecule has 0 spiro atoms. The first kappa shape index (κ1) is 28.2. The highest BCUT2D eigenvalue weighted by atomic mass is 16.5.